The standard InChI is InChI=1S/C16H30O5/c1-2-3-8-12-15(19)21-16(20)13-10-7-5-4-6-9-11-14(17)18/h15,19H,2-13H2,1H3,(H,17,18). The van der Waals surface area contributed by atoms with Gasteiger partial charge in [0.15, 0.2) is 0 Å². The van der Waals surface area contributed by atoms with Crippen molar-refractivity contribution < 1.29 is 24.5 Å². The first-order chi connectivity index (χ1) is 10.1. The zero-order valence-corrected chi connectivity index (χ0v) is 13.2. The van der Waals surface area contributed by atoms with Crippen LogP contribution in [0.25, 0.3) is 0 Å². The van der Waals surface area contributed by atoms with Crippen LogP contribution in [0.1, 0.15) is 84.0 Å². The van der Waals surface area contributed by atoms with Crippen LogP contribution in [-0.2, 0) is 14.3 Å². The van der Waals surface area contributed by atoms with Crippen molar-refractivity contribution in [3.63, 3.8) is 0 Å². The van der Waals surface area contributed by atoms with E-state index < -0.39 is 12.3 Å². The Morgan fingerprint density at radius 3 is 2.05 bits per heavy atom. The number of aliphatic carboxylic acids is 1. The molecular weight excluding hydrogens is 272 g/mol. The molecule has 5 nitrogen and oxygen atoms in total. The number of ether oxygens (including phenoxy) is 1. The second-order valence-corrected chi connectivity index (χ2v) is 5.46. The van der Waals surface area contributed by atoms with E-state index in [1.54, 1.807) is 0 Å². The highest BCUT2D eigenvalue weighted by atomic mass is 16.6. The van der Waals surface area contributed by atoms with E-state index in [0.29, 0.717) is 12.8 Å². The van der Waals surface area contributed by atoms with E-state index in [4.69, 9.17) is 9.84 Å². The minimum Gasteiger partial charge on any atom is -0.481 e. The Morgan fingerprint density at radius 2 is 1.48 bits per heavy atom. The molecule has 0 aromatic rings. The Labute approximate surface area is 127 Å². The van der Waals surface area contributed by atoms with Gasteiger partial charge in [0, 0.05) is 19.3 Å². The third-order valence-electron chi connectivity index (χ3n) is 3.34. The summed E-state index contributed by atoms with van der Waals surface area (Å²) in [5, 5.41) is 18.0. The highest BCUT2D eigenvalue weighted by Crippen LogP contribution is 2.10. The maximum atomic E-state index is 11.4. The topological polar surface area (TPSA) is 83.8 Å². The molecule has 1 unspecified atom stereocenters. The number of rotatable bonds is 14. The Morgan fingerprint density at radius 1 is 0.905 bits per heavy atom. The molecule has 2 N–H and O–H groups in total. The lowest BCUT2D eigenvalue weighted by molar-refractivity contribution is -0.169. The molecule has 21 heavy (non-hydrogen) atoms. The number of unbranched alkanes of at least 4 members (excludes halogenated alkanes) is 7. The molecule has 0 spiro atoms. The summed E-state index contributed by atoms with van der Waals surface area (Å²) in [6.07, 6.45) is 8.49. The molecule has 124 valence electrons. The highest BCUT2D eigenvalue weighted by Gasteiger charge is 2.10. The third-order valence-corrected chi connectivity index (χ3v) is 3.34. The summed E-state index contributed by atoms with van der Waals surface area (Å²) in [4.78, 5) is 21.8. The molecule has 0 heterocycles. The van der Waals surface area contributed by atoms with Crippen LogP contribution in [0.15, 0.2) is 0 Å². The first-order valence-electron chi connectivity index (χ1n) is 8.15. The number of aliphatic hydroxyl groups is 1. The molecule has 0 aliphatic carbocycles. The maximum absolute atomic E-state index is 11.4. The number of carboxylic acid groups (broad SMARTS) is 1. The number of esters is 1. The monoisotopic (exact) mass is 302 g/mol. The lowest BCUT2D eigenvalue weighted by Crippen LogP contribution is -2.17. The van der Waals surface area contributed by atoms with E-state index in [1.165, 1.54) is 0 Å². The van der Waals surface area contributed by atoms with Crippen LogP contribution in [-0.4, -0.2) is 28.4 Å². The summed E-state index contributed by atoms with van der Waals surface area (Å²) in [5.74, 6) is -1.07. The van der Waals surface area contributed by atoms with Crippen molar-refractivity contribution in [3.8, 4) is 0 Å². The number of hydrogen-bond acceptors (Lipinski definition) is 4. The fraction of sp³-hybridized carbons (Fsp3) is 0.875. The summed E-state index contributed by atoms with van der Waals surface area (Å²) < 4.78 is 4.92. The first kappa shape index (κ1) is 19.9. The Balaban J connectivity index is 3.35. The van der Waals surface area contributed by atoms with E-state index in [0.717, 1.165) is 57.8 Å². The normalized spacial score (nSPS) is 12.1. The largest absolute Gasteiger partial charge is 0.481 e. The number of carbonyl (C=O) groups excluding carboxylic acids is 1. The number of carboxylic acids is 1. The van der Waals surface area contributed by atoms with Gasteiger partial charge in [-0.15, -0.1) is 0 Å². The average molecular weight is 302 g/mol. The Bertz CT molecular complexity index is 278. The predicted molar refractivity (Wildman–Crippen MR) is 80.8 cm³/mol. The number of aliphatic hydroxyl groups excluding tert-OH is 1. The summed E-state index contributed by atoms with van der Waals surface area (Å²) in [5.41, 5.74) is 0. The van der Waals surface area contributed by atoms with E-state index >= 15 is 0 Å². The minimum atomic E-state index is -0.958. The van der Waals surface area contributed by atoms with Gasteiger partial charge in [-0.05, 0) is 19.3 Å². The SMILES string of the molecule is CCCCCC(O)OC(=O)CCCCCCCCC(=O)O. The average Bonchev–Trinajstić information content (AvgIpc) is 2.41. The van der Waals surface area contributed by atoms with E-state index in [9.17, 15) is 14.7 Å². The van der Waals surface area contributed by atoms with Crippen molar-refractivity contribution >= 4 is 11.9 Å². The van der Waals surface area contributed by atoms with Gasteiger partial charge in [-0.2, -0.15) is 0 Å². The number of hydrogen-bond donors (Lipinski definition) is 2. The third kappa shape index (κ3) is 15.1. The molecule has 0 radical (unpaired) electrons. The molecule has 0 aliphatic rings. The lowest BCUT2D eigenvalue weighted by Gasteiger charge is -2.11. The Hall–Kier alpha value is -1.10. The predicted octanol–water partition coefficient (Wildman–Crippen LogP) is 3.63. The van der Waals surface area contributed by atoms with E-state index in [1.807, 2.05) is 0 Å². The quantitative estimate of drug-likeness (QED) is 0.291. The van der Waals surface area contributed by atoms with Gasteiger partial charge in [0.2, 0.25) is 6.29 Å². The van der Waals surface area contributed by atoms with Gasteiger partial charge >= 0.3 is 11.9 Å². The van der Waals surface area contributed by atoms with Crippen molar-refractivity contribution in [2.75, 3.05) is 0 Å². The van der Waals surface area contributed by atoms with Crippen molar-refractivity contribution in [3.05, 3.63) is 0 Å². The molecule has 0 aromatic heterocycles. The van der Waals surface area contributed by atoms with Crippen LogP contribution < -0.4 is 0 Å². The van der Waals surface area contributed by atoms with Gasteiger partial charge < -0.3 is 14.9 Å². The van der Waals surface area contributed by atoms with Crippen LogP contribution in [0, 0.1) is 0 Å². The summed E-state index contributed by atoms with van der Waals surface area (Å²) in [7, 11) is 0. The Kier molecular flexibility index (Phi) is 13.1. The molecule has 0 saturated heterocycles. The van der Waals surface area contributed by atoms with Gasteiger partial charge in [0.05, 0.1) is 0 Å². The smallest absolute Gasteiger partial charge is 0.308 e. The van der Waals surface area contributed by atoms with Crippen LogP contribution >= 0.6 is 0 Å². The van der Waals surface area contributed by atoms with Gasteiger partial charge in [0.1, 0.15) is 0 Å². The number of carbonyl (C=O) groups is 2. The van der Waals surface area contributed by atoms with E-state index in [-0.39, 0.29) is 12.4 Å². The molecule has 0 amide bonds. The summed E-state index contributed by atoms with van der Waals surface area (Å²) >= 11 is 0. The molecular formula is C16H30O5. The van der Waals surface area contributed by atoms with Crippen LogP contribution in [0.5, 0.6) is 0 Å². The molecule has 0 aromatic carbocycles. The van der Waals surface area contributed by atoms with Gasteiger partial charge in [-0.25, -0.2) is 0 Å². The highest BCUT2D eigenvalue weighted by molar-refractivity contribution is 5.69. The van der Waals surface area contributed by atoms with Crippen molar-refractivity contribution in [1.82, 2.24) is 0 Å². The molecule has 5 heteroatoms. The van der Waals surface area contributed by atoms with Gasteiger partial charge in [0.25, 0.3) is 0 Å². The zero-order chi connectivity index (χ0) is 15.9. The molecule has 0 bridgehead atoms. The van der Waals surface area contributed by atoms with Crippen LogP contribution in [0.3, 0.4) is 0 Å². The molecule has 0 saturated carbocycles. The molecule has 1 atom stereocenters. The molecule has 0 rings (SSSR count). The maximum Gasteiger partial charge on any atom is 0.308 e. The first-order valence-corrected chi connectivity index (χ1v) is 8.15. The zero-order valence-electron chi connectivity index (χ0n) is 13.2. The molecule has 0 aliphatic heterocycles. The van der Waals surface area contributed by atoms with Crippen molar-refractivity contribution in [1.29, 1.82) is 0 Å². The minimum absolute atomic E-state index is 0.238. The van der Waals surface area contributed by atoms with Crippen LogP contribution in [0.4, 0.5) is 0 Å². The van der Waals surface area contributed by atoms with Crippen molar-refractivity contribution in [2.45, 2.75) is 90.3 Å². The van der Waals surface area contributed by atoms with Gasteiger partial charge in [-0.3, -0.25) is 9.59 Å². The molecule has 0 fully saturated rings. The van der Waals surface area contributed by atoms with Gasteiger partial charge in [-0.1, -0.05) is 45.4 Å². The lowest BCUT2D eigenvalue weighted by atomic mass is 10.1. The van der Waals surface area contributed by atoms with E-state index in [2.05, 4.69) is 6.92 Å². The second-order valence-electron chi connectivity index (χ2n) is 5.46. The fourth-order valence-corrected chi connectivity index (χ4v) is 2.09. The summed E-state index contributed by atoms with van der Waals surface area (Å²) in [6.45, 7) is 2.08. The summed E-state index contributed by atoms with van der Waals surface area (Å²) in [6, 6.07) is 0. The van der Waals surface area contributed by atoms with Crippen LogP contribution in [0.2, 0.25) is 0 Å². The fourth-order valence-electron chi connectivity index (χ4n) is 2.09. The second kappa shape index (κ2) is 13.9. The van der Waals surface area contributed by atoms with Crippen molar-refractivity contribution in [2.24, 2.45) is 0 Å².